The van der Waals surface area contributed by atoms with E-state index in [1.807, 2.05) is 36.4 Å². The quantitative estimate of drug-likeness (QED) is 0.261. The zero-order valence-corrected chi connectivity index (χ0v) is 23.2. The van der Waals surface area contributed by atoms with E-state index >= 15 is 0 Å². The second-order valence-corrected chi connectivity index (χ2v) is 10.6. The molecule has 2 amide bonds. The number of carbonyl (C=O) groups excluding carboxylic acids is 2. The summed E-state index contributed by atoms with van der Waals surface area (Å²) in [5.74, 6) is -0.785. The van der Waals surface area contributed by atoms with Crippen LogP contribution in [0.3, 0.4) is 0 Å². The van der Waals surface area contributed by atoms with Crippen LogP contribution in [0.2, 0.25) is 0 Å². The van der Waals surface area contributed by atoms with E-state index in [0.29, 0.717) is 34.2 Å². The number of alkyl halides is 2. The fourth-order valence-electron chi connectivity index (χ4n) is 4.82. The topological polar surface area (TPSA) is 148 Å². The molecule has 4 N–H and O–H groups in total. The molecule has 1 aliphatic rings. The molecular weight excluding hydrogens is 560 g/mol. The number of benzene rings is 3. The molecule has 2 aromatic heterocycles. The lowest BCUT2D eigenvalue weighted by molar-refractivity contribution is -0.286. The summed E-state index contributed by atoms with van der Waals surface area (Å²) in [5, 5.41) is 4.32. The van der Waals surface area contributed by atoms with Crippen LogP contribution < -0.4 is 20.9 Å². The number of fused-ring (bicyclic) bond motifs is 1. The van der Waals surface area contributed by atoms with Crippen LogP contribution in [0.15, 0.2) is 77.3 Å². The number of primary amides is 2. The highest BCUT2D eigenvalue weighted by Gasteiger charge is 2.43. The van der Waals surface area contributed by atoms with Gasteiger partial charge >= 0.3 is 6.29 Å². The Morgan fingerprint density at radius 1 is 0.907 bits per heavy atom. The Bertz CT molecular complexity index is 1930. The van der Waals surface area contributed by atoms with Gasteiger partial charge in [0.05, 0.1) is 11.1 Å². The SMILES string of the molecule is Cc1nc(-c2ccc3c(c2)OC(F)(F)O3)c(-c2cc(-c3cccc(C(C)(C)C(N)=O)c3)ccc2-n2ccc(C(N)=O)n2)o1. The number of oxazole rings is 1. The van der Waals surface area contributed by atoms with E-state index in [1.54, 1.807) is 39.1 Å². The maximum atomic E-state index is 13.7. The van der Waals surface area contributed by atoms with Crippen LogP contribution in [0, 0.1) is 6.92 Å². The lowest BCUT2D eigenvalue weighted by Gasteiger charge is -2.22. The molecule has 0 radical (unpaired) electrons. The van der Waals surface area contributed by atoms with E-state index in [2.05, 4.69) is 19.6 Å². The first-order chi connectivity index (χ1) is 20.3. The van der Waals surface area contributed by atoms with E-state index < -0.39 is 23.5 Å². The third-order valence-corrected chi connectivity index (χ3v) is 7.27. The van der Waals surface area contributed by atoms with E-state index in [1.165, 1.54) is 22.9 Å². The van der Waals surface area contributed by atoms with E-state index in [0.717, 1.165) is 16.7 Å². The van der Waals surface area contributed by atoms with Crippen LogP contribution >= 0.6 is 0 Å². The normalized spacial score (nSPS) is 13.7. The molecule has 10 nitrogen and oxygen atoms in total. The number of ether oxygens (including phenoxy) is 2. The predicted octanol–water partition coefficient (Wildman–Crippen LogP) is 5.35. The highest BCUT2D eigenvalue weighted by Crippen LogP contribution is 2.45. The molecule has 3 aromatic carbocycles. The van der Waals surface area contributed by atoms with Crippen molar-refractivity contribution in [1.29, 1.82) is 0 Å². The number of aromatic nitrogens is 3. The molecule has 0 bridgehead atoms. The molecule has 0 saturated heterocycles. The number of hydrogen-bond acceptors (Lipinski definition) is 7. The van der Waals surface area contributed by atoms with Crippen molar-refractivity contribution in [1.82, 2.24) is 14.8 Å². The Morgan fingerprint density at radius 2 is 1.63 bits per heavy atom. The molecule has 3 heterocycles. The number of nitrogens with zero attached hydrogens (tertiary/aromatic N) is 3. The van der Waals surface area contributed by atoms with Crippen molar-refractivity contribution < 1.29 is 32.3 Å². The fourth-order valence-corrected chi connectivity index (χ4v) is 4.82. The molecule has 218 valence electrons. The van der Waals surface area contributed by atoms with Crippen LogP contribution in [0.5, 0.6) is 11.5 Å². The fraction of sp³-hybridized carbons (Fsp3) is 0.161. The van der Waals surface area contributed by atoms with Crippen LogP contribution in [-0.2, 0) is 10.2 Å². The number of nitrogens with two attached hydrogens (primary N) is 2. The van der Waals surface area contributed by atoms with Crippen molar-refractivity contribution >= 4 is 11.8 Å². The minimum atomic E-state index is -3.78. The first-order valence-electron chi connectivity index (χ1n) is 13.1. The Hall–Kier alpha value is -5.52. The Morgan fingerprint density at radius 3 is 2.35 bits per heavy atom. The lowest BCUT2D eigenvalue weighted by Crippen LogP contribution is -2.35. The van der Waals surface area contributed by atoms with Crippen molar-refractivity contribution in [2.75, 3.05) is 0 Å². The summed E-state index contributed by atoms with van der Waals surface area (Å²) >= 11 is 0. The van der Waals surface area contributed by atoms with Gasteiger partial charge in [0.1, 0.15) is 11.4 Å². The van der Waals surface area contributed by atoms with E-state index in [9.17, 15) is 18.4 Å². The number of rotatable bonds is 7. The van der Waals surface area contributed by atoms with Gasteiger partial charge in [0, 0.05) is 24.2 Å². The average molecular weight is 586 g/mol. The number of aryl methyl sites for hydroxylation is 1. The standard InChI is InChI=1S/C31H25F2N5O5/c1-16-36-26(19-8-10-24-25(15-19)43-31(32,33)42-24)27(41-16)21-14-18(7-9-23(21)38-12-11-22(37-38)28(34)39)17-5-4-6-20(13-17)30(2,3)29(35)40/h4-15H,1-3H3,(H2,34,39)(H2,35,40). The molecular formula is C31H25F2N5O5. The highest BCUT2D eigenvalue weighted by molar-refractivity contribution is 5.91. The lowest BCUT2D eigenvalue weighted by atomic mass is 9.82. The van der Waals surface area contributed by atoms with Gasteiger partial charge in [0.25, 0.3) is 5.91 Å². The Balaban J connectivity index is 1.53. The summed E-state index contributed by atoms with van der Waals surface area (Å²) in [6, 6.07) is 18.8. The van der Waals surface area contributed by atoms with Crippen molar-refractivity contribution in [2.45, 2.75) is 32.5 Å². The summed E-state index contributed by atoms with van der Waals surface area (Å²) in [6.07, 6.45) is -2.19. The molecule has 6 rings (SSSR count). The molecule has 0 atom stereocenters. The zero-order valence-electron chi connectivity index (χ0n) is 23.2. The number of halogens is 2. The average Bonchev–Trinajstić information content (AvgIpc) is 3.68. The van der Waals surface area contributed by atoms with Crippen molar-refractivity contribution in [3.05, 3.63) is 90.1 Å². The minimum absolute atomic E-state index is 0.0575. The zero-order chi connectivity index (χ0) is 30.7. The van der Waals surface area contributed by atoms with Crippen LogP contribution in [0.1, 0.15) is 35.8 Å². The number of carbonyl (C=O) groups is 2. The van der Waals surface area contributed by atoms with Gasteiger partial charge in [0.15, 0.2) is 23.1 Å². The van der Waals surface area contributed by atoms with Gasteiger partial charge in [-0.25, -0.2) is 9.67 Å². The van der Waals surface area contributed by atoms with E-state index in [-0.39, 0.29) is 17.2 Å². The Labute approximate surface area is 243 Å². The van der Waals surface area contributed by atoms with Crippen molar-refractivity contribution in [3.63, 3.8) is 0 Å². The maximum absolute atomic E-state index is 13.7. The summed E-state index contributed by atoms with van der Waals surface area (Å²) < 4.78 is 44.2. The summed E-state index contributed by atoms with van der Waals surface area (Å²) in [7, 11) is 0. The first-order valence-corrected chi connectivity index (χ1v) is 13.1. The summed E-state index contributed by atoms with van der Waals surface area (Å²) in [6.45, 7) is 5.16. The molecule has 0 saturated carbocycles. The van der Waals surface area contributed by atoms with Gasteiger partial charge in [-0.3, -0.25) is 9.59 Å². The van der Waals surface area contributed by atoms with E-state index in [4.69, 9.17) is 15.9 Å². The molecule has 12 heteroatoms. The number of hydrogen-bond donors (Lipinski definition) is 2. The highest BCUT2D eigenvalue weighted by atomic mass is 19.3. The van der Waals surface area contributed by atoms with Gasteiger partial charge in [-0.2, -0.15) is 5.10 Å². The second kappa shape index (κ2) is 9.79. The monoisotopic (exact) mass is 585 g/mol. The smallest absolute Gasteiger partial charge is 0.440 e. The number of amides is 2. The van der Waals surface area contributed by atoms with Gasteiger partial charge in [-0.05, 0) is 66.9 Å². The molecule has 43 heavy (non-hydrogen) atoms. The van der Waals surface area contributed by atoms with Crippen molar-refractivity contribution in [3.8, 4) is 50.9 Å². The van der Waals surface area contributed by atoms with Gasteiger partial charge in [-0.15, -0.1) is 8.78 Å². The van der Waals surface area contributed by atoms with Crippen LogP contribution in [0.25, 0.3) is 39.4 Å². The van der Waals surface area contributed by atoms with Crippen LogP contribution in [-0.4, -0.2) is 32.9 Å². The molecule has 0 unspecified atom stereocenters. The predicted molar refractivity (Wildman–Crippen MR) is 152 cm³/mol. The van der Waals surface area contributed by atoms with Crippen molar-refractivity contribution in [2.24, 2.45) is 11.5 Å². The molecule has 5 aromatic rings. The molecule has 0 spiro atoms. The summed E-state index contributed by atoms with van der Waals surface area (Å²) in [5.41, 5.74) is 14.4. The third-order valence-electron chi connectivity index (χ3n) is 7.27. The van der Waals surface area contributed by atoms with Gasteiger partial charge in [-0.1, -0.05) is 30.3 Å². The van der Waals surface area contributed by atoms with Gasteiger partial charge in [0.2, 0.25) is 5.91 Å². The Kier molecular flexibility index (Phi) is 6.29. The maximum Gasteiger partial charge on any atom is 0.586 e. The summed E-state index contributed by atoms with van der Waals surface area (Å²) in [4.78, 5) is 28.5. The first kappa shape index (κ1) is 27.6. The second-order valence-electron chi connectivity index (χ2n) is 10.6. The van der Waals surface area contributed by atoms with Crippen LogP contribution in [0.4, 0.5) is 8.78 Å². The largest absolute Gasteiger partial charge is 0.586 e. The third kappa shape index (κ3) is 4.96. The molecule has 1 aliphatic heterocycles. The van der Waals surface area contributed by atoms with Gasteiger partial charge < -0.3 is 25.4 Å². The minimum Gasteiger partial charge on any atom is -0.440 e. The molecule has 0 fully saturated rings. The molecule has 0 aliphatic carbocycles.